The molecule has 0 amide bonds. The van der Waals surface area contributed by atoms with E-state index in [-0.39, 0.29) is 10.0 Å². The standard InChI is InChI=1S/C13H13ClN2O2S2/c14-13-7-11(4-5-15-13)20(17,18)16-8-10-6-9-2-1-3-12(9)19-10/h4-7,16H,1-3,8H2. The molecule has 4 nitrogen and oxygen atoms in total. The van der Waals surface area contributed by atoms with Crippen molar-refractivity contribution in [1.82, 2.24) is 9.71 Å². The lowest BCUT2D eigenvalue weighted by Crippen LogP contribution is -2.22. The van der Waals surface area contributed by atoms with Crippen molar-refractivity contribution in [3.63, 3.8) is 0 Å². The van der Waals surface area contributed by atoms with E-state index in [0.717, 1.165) is 17.7 Å². The number of aromatic nitrogens is 1. The average Bonchev–Trinajstić information content (AvgIpc) is 2.97. The third kappa shape index (κ3) is 2.88. The largest absolute Gasteiger partial charge is 0.244 e. The maximum atomic E-state index is 12.1. The van der Waals surface area contributed by atoms with Crippen LogP contribution in [0, 0.1) is 0 Å². The van der Waals surface area contributed by atoms with E-state index in [0.29, 0.717) is 6.54 Å². The summed E-state index contributed by atoms with van der Waals surface area (Å²) in [6, 6.07) is 4.88. The number of aryl methyl sites for hydroxylation is 2. The predicted molar refractivity (Wildman–Crippen MR) is 79.6 cm³/mol. The van der Waals surface area contributed by atoms with Gasteiger partial charge >= 0.3 is 0 Å². The Balaban J connectivity index is 1.73. The molecule has 1 N–H and O–H groups in total. The molecular formula is C13H13ClN2O2S2. The van der Waals surface area contributed by atoms with Gasteiger partial charge in [-0.15, -0.1) is 11.3 Å². The van der Waals surface area contributed by atoms with Crippen molar-refractivity contribution in [3.8, 4) is 0 Å². The molecule has 0 radical (unpaired) electrons. The summed E-state index contributed by atoms with van der Waals surface area (Å²) in [5.74, 6) is 0. The Morgan fingerprint density at radius 3 is 2.95 bits per heavy atom. The van der Waals surface area contributed by atoms with E-state index in [1.807, 2.05) is 0 Å². The smallest absolute Gasteiger partial charge is 0.241 e. The second-order valence-corrected chi connectivity index (χ2v) is 8.03. The minimum Gasteiger partial charge on any atom is -0.244 e. The molecule has 0 saturated carbocycles. The number of nitrogens with one attached hydrogen (secondary N) is 1. The van der Waals surface area contributed by atoms with E-state index in [9.17, 15) is 8.42 Å². The van der Waals surface area contributed by atoms with Crippen molar-refractivity contribution in [1.29, 1.82) is 0 Å². The van der Waals surface area contributed by atoms with Crippen molar-refractivity contribution in [2.24, 2.45) is 0 Å². The van der Waals surface area contributed by atoms with Crippen molar-refractivity contribution < 1.29 is 8.42 Å². The highest BCUT2D eigenvalue weighted by atomic mass is 35.5. The van der Waals surface area contributed by atoms with Crippen LogP contribution in [0.15, 0.2) is 29.3 Å². The van der Waals surface area contributed by atoms with Crippen LogP contribution < -0.4 is 4.72 Å². The number of thiophene rings is 1. The van der Waals surface area contributed by atoms with Gasteiger partial charge in [0.25, 0.3) is 0 Å². The molecule has 0 bridgehead atoms. The van der Waals surface area contributed by atoms with Crippen LogP contribution in [0.25, 0.3) is 0 Å². The molecule has 0 spiro atoms. The molecule has 0 aromatic carbocycles. The lowest BCUT2D eigenvalue weighted by atomic mass is 10.2. The van der Waals surface area contributed by atoms with Crippen LogP contribution in [0.2, 0.25) is 5.15 Å². The summed E-state index contributed by atoms with van der Waals surface area (Å²) in [6.45, 7) is 0.319. The quantitative estimate of drug-likeness (QED) is 0.878. The number of fused-ring (bicyclic) bond motifs is 1. The molecule has 3 rings (SSSR count). The van der Waals surface area contributed by atoms with Gasteiger partial charge in [-0.25, -0.2) is 18.1 Å². The van der Waals surface area contributed by atoms with Gasteiger partial charge in [0.2, 0.25) is 10.0 Å². The van der Waals surface area contributed by atoms with E-state index < -0.39 is 10.0 Å². The maximum Gasteiger partial charge on any atom is 0.241 e. The van der Waals surface area contributed by atoms with E-state index >= 15 is 0 Å². The van der Waals surface area contributed by atoms with Crippen LogP contribution in [-0.2, 0) is 29.4 Å². The fraction of sp³-hybridized carbons (Fsp3) is 0.308. The summed E-state index contributed by atoms with van der Waals surface area (Å²) in [5, 5.41) is 0.169. The number of nitrogens with zero attached hydrogens (tertiary/aromatic N) is 1. The first kappa shape index (κ1) is 14.0. The number of hydrogen-bond donors (Lipinski definition) is 1. The Bertz CT molecular complexity index is 719. The molecule has 106 valence electrons. The monoisotopic (exact) mass is 328 g/mol. The normalized spacial score (nSPS) is 14.4. The Morgan fingerprint density at radius 1 is 1.35 bits per heavy atom. The van der Waals surface area contributed by atoms with Crippen molar-refractivity contribution in [2.45, 2.75) is 30.7 Å². The molecule has 2 aromatic heterocycles. The van der Waals surface area contributed by atoms with Crippen LogP contribution in [0.4, 0.5) is 0 Å². The molecule has 7 heteroatoms. The van der Waals surface area contributed by atoms with Crippen LogP contribution in [0.3, 0.4) is 0 Å². The zero-order valence-corrected chi connectivity index (χ0v) is 13.0. The molecule has 0 fully saturated rings. The maximum absolute atomic E-state index is 12.1. The SMILES string of the molecule is O=S(=O)(NCc1cc2c(s1)CCC2)c1ccnc(Cl)c1. The van der Waals surface area contributed by atoms with Crippen LogP contribution in [0.5, 0.6) is 0 Å². The molecule has 20 heavy (non-hydrogen) atoms. The van der Waals surface area contributed by atoms with Crippen molar-refractivity contribution in [2.75, 3.05) is 0 Å². The van der Waals surface area contributed by atoms with Crippen molar-refractivity contribution in [3.05, 3.63) is 44.9 Å². The molecule has 2 heterocycles. The molecule has 2 aromatic rings. The van der Waals surface area contributed by atoms with E-state index in [2.05, 4.69) is 15.8 Å². The number of pyridine rings is 1. The second kappa shape index (κ2) is 5.44. The van der Waals surface area contributed by atoms with Crippen LogP contribution in [-0.4, -0.2) is 13.4 Å². The summed E-state index contributed by atoms with van der Waals surface area (Å²) in [5.41, 5.74) is 1.37. The van der Waals surface area contributed by atoms with E-state index in [4.69, 9.17) is 11.6 Å². The fourth-order valence-corrected chi connectivity index (χ4v) is 4.83. The highest BCUT2D eigenvalue weighted by Crippen LogP contribution is 2.30. The number of halogens is 1. The Labute approximate surface area is 126 Å². The van der Waals surface area contributed by atoms with Gasteiger partial charge < -0.3 is 0 Å². The molecule has 1 aliphatic carbocycles. The molecule has 0 aliphatic heterocycles. The topological polar surface area (TPSA) is 59.1 Å². The fourth-order valence-electron chi connectivity index (χ4n) is 2.28. The van der Waals surface area contributed by atoms with Gasteiger partial charge in [-0.2, -0.15) is 0 Å². The Kier molecular flexibility index (Phi) is 3.81. The number of sulfonamides is 1. The highest BCUT2D eigenvalue weighted by Gasteiger charge is 2.18. The van der Waals surface area contributed by atoms with Gasteiger partial charge in [0.05, 0.1) is 4.90 Å². The molecule has 0 saturated heterocycles. The van der Waals surface area contributed by atoms with Gasteiger partial charge in [0, 0.05) is 22.5 Å². The first-order chi connectivity index (χ1) is 9.54. The van der Waals surface area contributed by atoms with E-state index in [1.54, 1.807) is 11.3 Å². The average molecular weight is 329 g/mol. The van der Waals surface area contributed by atoms with Crippen LogP contribution in [0.1, 0.15) is 21.7 Å². The zero-order valence-electron chi connectivity index (χ0n) is 10.6. The Morgan fingerprint density at radius 2 is 2.20 bits per heavy atom. The number of hydrogen-bond acceptors (Lipinski definition) is 4. The third-order valence-electron chi connectivity index (χ3n) is 3.24. The minimum absolute atomic E-state index is 0.140. The molecular weight excluding hydrogens is 316 g/mol. The van der Waals surface area contributed by atoms with Crippen molar-refractivity contribution >= 4 is 33.0 Å². The number of rotatable bonds is 4. The van der Waals surface area contributed by atoms with Gasteiger partial charge in [-0.1, -0.05) is 11.6 Å². The van der Waals surface area contributed by atoms with Gasteiger partial charge in [0.1, 0.15) is 5.15 Å². The summed E-state index contributed by atoms with van der Waals surface area (Å²) < 4.78 is 26.9. The molecule has 1 aliphatic rings. The lowest BCUT2D eigenvalue weighted by Gasteiger charge is -2.05. The van der Waals surface area contributed by atoms with Gasteiger partial charge in [0.15, 0.2) is 0 Å². The van der Waals surface area contributed by atoms with Gasteiger partial charge in [-0.05, 0) is 43.0 Å². The zero-order chi connectivity index (χ0) is 14.2. The minimum atomic E-state index is -3.54. The Hall–Kier alpha value is -0.950. The molecule has 0 atom stereocenters. The first-order valence-electron chi connectivity index (χ1n) is 6.26. The first-order valence-corrected chi connectivity index (χ1v) is 8.94. The summed E-state index contributed by atoms with van der Waals surface area (Å²) in [7, 11) is -3.54. The van der Waals surface area contributed by atoms with Gasteiger partial charge in [-0.3, -0.25) is 0 Å². The van der Waals surface area contributed by atoms with Crippen LogP contribution >= 0.6 is 22.9 Å². The summed E-state index contributed by atoms with van der Waals surface area (Å²) in [6.07, 6.45) is 4.82. The predicted octanol–water partition coefficient (Wildman–Crippen LogP) is 2.76. The summed E-state index contributed by atoms with van der Waals surface area (Å²) in [4.78, 5) is 6.37. The lowest BCUT2D eigenvalue weighted by molar-refractivity contribution is 0.581. The van der Waals surface area contributed by atoms with E-state index in [1.165, 1.54) is 35.2 Å². The third-order valence-corrected chi connectivity index (χ3v) is 6.09. The second-order valence-electron chi connectivity index (χ2n) is 4.65. The molecule has 0 unspecified atom stereocenters. The highest BCUT2D eigenvalue weighted by molar-refractivity contribution is 7.89. The summed E-state index contributed by atoms with van der Waals surface area (Å²) >= 11 is 7.41.